The van der Waals surface area contributed by atoms with E-state index in [4.69, 9.17) is 34.8 Å². The second-order valence-corrected chi connectivity index (χ2v) is 12.7. The van der Waals surface area contributed by atoms with Crippen LogP contribution in [0, 0.1) is 0 Å². The summed E-state index contributed by atoms with van der Waals surface area (Å²) < 4.78 is 54.8. The van der Waals surface area contributed by atoms with Crippen molar-refractivity contribution in [1.29, 1.82) is 0 Å². The molecule has 0 saturated heterocycles. The molecular weight excluding hydrogens is 539 g/mol. The smallest absolute Gasteiger partial charge is 0.206 e. The molecule has 0 aliphatic carbocycles. The normalized spacial score (nSPS) is 13.0. The van der Waals surface area contributed by atoms with Crippen LogP contribution in [0.4, 0.5) is 0 Å². The van der Waals surface area contributed by atoms with E-state index in [0.717, 1.165) is 0 Å². The first-order valence-electron chi connectivity index (χ1n) is 9.84. The minimum Gasteiger partial charge on any atom is -0.336 e. The molecule has 4 aromatic rings. The lowest BCUT2D eigenvalue weighted by Crippen LogP contribution is -2.19. The zero-order valence-electron chi connectivity index (χ0n) is 17.3. The standard InChI is InChI=1S/C23H17Cl3N2O4S2/c24-17-3-7-19(8-4-17)33(29,30)18-5-1-16(2-6-18)23(14-28-12-11-27-15-28)34(31,32)20-9-10-21(25)22(26)13-20/h1-13,15,23H,14H2. The molecule has 0 aliphatic heterocycles. The van der Waals surface area contributed by atoms with Crippen molar-refractivity contribution in [3.05, 3.63) is 106 Å². The zero-order chi connectivity index (χ0) is 24.5. The molecule has 0 saturated carbocycles. The fourth-order valence-electron chi connectivity index (χ4n) is 3.40. The number of hydrogen-bond acceptors (Lipinski definition) is 5. The molecule has 34 heavy (non-hydrogen) atoms. The highest BCUT2D eigenvalue weighted by Crippen LogP contribution is 2.34. The zero-order valence-corrected chi connectivity index (χ0v) is 21.2. The van der Waals surface area contributed by atoms with E-state index in [1.165, 1.54) is 73.1 Å². The maximum absolute atomic E-state index is 13.6. The Labute approximate surface area is 212 Å². The fraction of sp³-hybridized carbons (Fsp3) is 0.0870. The number of benzene rings is 3. The summed E-state index contributed by atoms with van der Waals surface area (Å²) in [5.41, 5.74) is 0.412. The number of nitrogens with zero attached hydrogens (tertiary/aromatic N) is 2. The molecule has 1 atom stereocenters. The summed E-state index contributed by atoms with van der Waals surface area (Å²) in [6.45, 7) is 0.0614. The average Bonchev–Trinajstić information content (AvgIpc) is 3.33. The van der Waals surface area contributed by atoms with Crippen molar-refractivity contribution in [2.45, 2.75) is 26.5 Å². The Hall–Kier alpha value is -2.36. The Balaban J connectivity index is 1.75. The van der Waals surface area contributed by atoms with Gasteiger partial charge in [0.15, 0.2) is 9.84 Å². The largest absolute Gasteiger partial charge is 0.336 e. The lowest BCUT2D eigenvalue weighted by atomic mass is 10.1. The summed E-state index contributed by atoms with van der Waals surface area (Å²) in [7, 11) is -7.73. The third kappa shape index (κ3) is 5.01. The molecular formula is C23H17Cl3N2O4S2. The molecule has 3 aromatic carbocycles. The first-order chi connectivity index (χ1) is 16.1. The van der Waals surface area contributed by atoms with E-state index in [1.807, 2.05) is 0 Å². The molecule has 1 heterocycles. The number of imidazole rings is 1. The van der Waals surface area contributed by atoms with E-state index in [9.17, 15) is 16.8 Å². The van der Waals surface area contributed by atoms with E-state index in [0.29, 0.717) is 10.6 Å². The fourth-order valence-corrected chi connectivity index (χ4v) is 6.90. The van der Waals surface area contributed by atoms with Crippen molar-refractivity contribution >= 4 is 54.5 Å². The topological polar surface area (TPSA) is 86.1 Å². The molecule has 6 nitrogen and oxygen atoms in total. The molecule has 0 aliphatic rings. The first kappa shape index (κ1) is 24.8. The van der Waals surface area contributed by atoms with E-state index in [-0.39, 0.29) is 31.3 Å². The van der Waals surface area contributed by atoms with Crippen LogP contribution >= 0.6 is 34.8 Å². The Morgan fingerprint density at radius 1 is 0.765 bits per heavy atom. The number of hydrogen-bond donors (Lipinski definition) is 0. The Morgan fingerprint density at radius 2 is 1.35 bits per heavy atom. The second-order valence-electron chi connectivity index (χ2n) is 7.40. The average molecular weight is 556 g/mol. The van der Waals surface area contributed by atoms with Crippen LogP contribution in [0.25, 0.3) is 0 Å². The van der Waals surface area contributed by atoms with Crippen LogP contribution in [0.3, 0.4) is 0 Å². The van der Waals surface area contributed by atoms with Gasteiger partial charge in [0.05, 0.1) is 31.1 Å². The summed E-state index contributed by atoms with van der Waals surface area (Å²) in [4.78, 5) is 4.10. The number of sulfone groups is 2. The quantitative estimate of drug-likeness (QED) is 0.284. The van der Waals surface area contributed by atoms with Gasteiger partial charge in [0.25, 0.3) is 0 Å². The van der Waals surface area contributed by atoms with E-state index >= 15 is 0 Å². The molecule has 0 amide bonds. The van der Waals surface area contributed by atoms with Crippen molar-refractivity contribution in [3.8, 4) is 0 Å². The molecule has 0 bridgehead atoms. The van der Waals surface area contributed by atoms with Crippen molar-refractivity contribution in [1.82, 2.24) is 9.55 Å². The van der Waals surface area contributed by atoms with Gasteiger partial charge in [-0.1, -0.05) is 46.9 Å². The highest BCUT2D eigenvalue weighted by atomic mass is 35.5. The summed E-state index contributed by atoms with van der Waals surface area (Å²) >= 11 is 17.9. The monoisotopic (exact) mass is 554 g/mol. The Morgan fingerprint density at radius 3 is 1.91 bits per heavy atom. The van der Waals surface area contributed by atoms with E-state index in [1.54, 1.807) is 17.0 Å². The minimum absolute atomic E-state index is 0.00452. The number of halogens is 3. The highest BCUT2D eigenvalue weighted by molar-refractivity contribution is 7.92. The molecule has 4 rings (SSSR count). The Bertz CT molecular complexity index is 1520. The van der Waals surface area contributed by atoms with E-state index < -0.39 is 24.9 Å². The third-order valence-corrected chi connectivity index (χ3v) is 10.1. The van der Waals surface area contributed by atoms with Crippen molar-refractivity contribution < 1.29 is 16.8 Å². The van der Waals surface area contributed by atoms with Gasteiger partial charge in [-0.15, -0.1) is 0 Å². The Kier molecular flexibility index (Phi) is 7.07. The first-order valence-corrected chi connectivity index (χ1v) is 14.0. The lowest BCUT2D eigenvalue weighted by Gasteiger charge is -2.20. The van der Waals surface area contributed by atoms with E-state index in [2.05, 4.69) is 4.98 Å². The highest BCUT2D eigenvalue weighted by Gasteiger charge is 2.31. The SMILES string of the molecule is O=S(=O)(c1ccc(Cl)cc1)c1ccc(C(Cn2ccnc2)S(=O)(=O)c2ccc(Cl)c(Cl)c2)cc1. The van der Waals surface area contributed by atoms with Crippen LogP contribution in [-0.4, -0.2) is 26.4 Å². The van der Waals surface area contributed by atoms with Gasteiger partial charge < -0.3 is 4.57 Å². The van der Waals surface area contributed by atoms with Gasteiger partial charge >= 0.3 is 0 Å². The van der Waals surface area contributed by atoms with Gasteiger partial charge in [0.2, 0.25) is 9.84 Å². The van der Waals surface area contributed by atoms with Crippen molar-refractivity contribution in [2.24, 2.45) is 0 Å². The van der Waals surface area contributed by atoms with Gasteiger partial charge in [-0.2, -0.15) is 0 Å². The molecule has 176 valence electrons. The van der Waals surface area contributed by atoms with Gasteiger partial charge in [-0.05, 0) is 60.2 Å². The van der Waals surface area contributed by atoms with Crippen molar-refractivity contribution in [2.75, 3.05) is 0 Å². The van der Waals surface area contributed by atoms with Crippen LogP contribution in [0.15, 0.2) is 100 Å². The number of rotatable bonds is 7. The van der Waals surface area contributed by atoms with Gasteiger partial charge in [-0.25, -0.2) is 21.8 Å². The summed E-state index contributed by atoms with van der Waals surface area (Å²) in [5.74, 6) is 0. The predicted octanol–water partition coefficient (Wildman–Crippen LogP) is 5.89. The van der Waals surface area contributed by atoms with Gasteiger partial charge in [-0.3, -0.25) is 0 Å². The molecule has 0 N–H and O–H groups in total. The lowest BCUT2D eigenvalue weighted by molar-refractivity contribution is 0.562. The number of aromatic nitrogens is 2. The molecule has 11 heteroatoms. The molecule has 1 aromatic heterocycles. The van der Waals surface area contributed by atoms with Gasteiger partial charge in [0.1, 0.15) is 5.25 Å². The van der Waals surface area contributed by atoms with Crippen LogP contribution < -0.4 is 0 Å². The summed E-state index contributed by atoms with van der Waals surface area (Å²) in [6.07, 6.45) is 4.71. The predicted molar refractivity (Wildman–Crippen MR) is 132 cm³/mol. The maximum atomic E-state index is 13.6. The second kappa shape index (κ2) is 9.71. The maximum Gasteiger partial charge on any atom is 0.206 e. The summed E-state index contributed by atoms with van der Waals surface area (Å²) in [5, 5.41) is -0.257. The minimum atomic E-state index is -3.93. The van der Waals surface area contributed by atoms with Crippen LogP contribution in [0.2, 0.25) is 15.1 Å². The van der Waals surface area contributed by atoms with Crippen LogP contribution in [0.1, 0.15) is 10.8 Å². The molecule has 1 unspecified atom stereocenters. The van der Waals surface area contributed by atoms with Gasteiger partial charge in [0, 0.05) is 24.0 Å². The molecule has 0 fully saturated rings. The van der Waals surface area contributed by atoms with Crippen LogP contribution in [0.5, 0.6) is 0 Å². The third-order valence-electron chi connectivity index (χ3n) is 5.22. The molecule has 0 spiro atoms. The summed E-state index contributed by atoms with van der Waals surface area (Å²) in [6, 6.07) is 15.7. The molecule has 0 radical (unpaired) electrons. The van der Waals surface area contributed by atoms with Crippen LogP contribution in [-0.2, 0) is 26.2 Å². The van der Waals surface area contributed by atoms with Crippen molar-refractivity contribution in [3.63, 3.8) is 0 Å².